The molecule has 9 nitrogen and oxygen atoms in total. The van der Waals surface area contributed by atoms with Crippen LogP contribution in [0.3, 0.4) is 0 Å². The fraction of sp³-hybridized carbons (Fsp3) is 0.355. The lowest BCUT2D eigenvalue weighted by atomic mass is 9.99. The molecule has 1 saturated carbocycles. The molecular formula is C31H27F8N5O4. The summed E-state index contributed by atoms with van der Waals surface area (Å²) in [6.07, 6.45) is -6.89. The Morgan fingerprint density at radius 2 is 1.71 bits per heavy atom. The number of carbonyl (C=O) groups excluding carboxylic acids is 2. The lowest BCUT2D eigenvalue weighted by molar-refractivity contribution is -0.146. The highest BCUT2D eigenvalue weighted by Crippen LogP contribution is 2.42. The van der Waals surface area contributed by atoms with Gasteiger partial charge >= 0.3 is 18.3 Å². The maximum absolute atomic E-state index is 15.0. The summed E-state index contributed by atoms with van der Waals surface area (Å²) in [7, 11) is 2.28. The van der Waals surface area contributed by atoms with E-state index in [9.17, 15) is 40.7 Å². The predicted molar refractivity (Wildman–Crippen MR) is 155 cm³/mol. The third-order valence-electron chi connectivity index (χ3n) is 8.12. The van der Waals surface area contributed by atoms with Crippen LogP contribution in [0.25, 0.3) is 16.8 Å². The molecule has 0 saturated heterocycles. The minimum atomic E-state index is -4.90. The van der Waals surface area contributed by atoms with Crippen LogP contribution in [0.4, 0.5) is 40.8 Å². The number of methoxy groups -OCH3 is 1. The molecule has 48 heavy (non-hydrogen) atoms. The van der Waals surface area contributed by atoms with Crippen molar-refractivity contribution in [3.05, 3.63) is 87.2 Å². The second-order valence-electron chi connectivity index (χ2n) is 11.4. The van der Waals surface area contributed by atoms with Gasteiger partial charge in [0.1, 0.15) is 34.9 Å². The number of benzene rings is 1. The van der Waals surface area contributed by atoms with E-state index in [1.54, 1.807) is 0 Å². The van der Waals surface area contributed by atoms with Crippen LogP contribution in [-0.4, -0.2) is 51.2 Å². The van der Waals surface area contributed by atoms with Gasteiger partial charge in [0.25, 0.3) is 11.5 Å². The van der Waals surface area contributed by atoms with Gasteiger partial charge in [0.2, 0.25) is 0 Å². The Morgan fingerprint density at radius 1 is 1.06 bits per heavy atom. The van der Waals surface area contributed by atoms with Crippen molar-refractivity contribution in [2.24, 2.45) is 13.0 Å². The van der Waals surface area contributed by atoms with Gasteiger partial charge < -0.3 is 24.3 Å². The van der Waals surface area contributed by atoms with Crippen molar-refractivity contribution in [2.75, 3.05) is 12.4 Å². The smallest absolute Gasteiger partial charge is 0.417 e. The van der Waals surface area contributed by atoms with Crippen LogP contribution in [-0.2, 0) is 29.2 Å². The van der Waals surface area contributed by atoms with Crippen LogP contribution in [0.2, 0.25) is 0 Å². The number of esters is 1. The van der Waals surface area contributed by atoms with Gasteiger partial charge in [-0.25, -0.2) is 18.6 Å². The number of nitrogens with one attached hydrogen (secondary N) is 2. The monoisotopic (exact) mass is 685 g/mol. The van der Waals surface area contributed by atoms with E-state index in [0.717, 1.165) is 17.7 Å². The molecule has 256 valence electrons. The van der Waals surface area contributed by atoms with Gasteiger partial charge in [0.15, 0.2) is 0 Å². The van der Waals surface area contributed by atoms with E-state index in [-0.39, 0.29) is 35.4 Å². The van der Waals surface area contributed by atoms with Crippen LogP contribution < -0.4 is 16.2 Å². The van der Waals surface area contributed by atoms with Gasteiger partial charge in [0.05, 0.1) is 18.2 Å². The van der Waals surface area contributed by atoms with E-state index in [2.05, 4.69) is 15.6 Å². The summed E-state index contributed by atoms with van der Waals surface area (Å²) in [4.78, 5) is 42.9. The number of nitrogens with zero attached hydrogens (tertiary/aromatic N) is 3. The molecule has 2 N–H and O–H groups in total. The molecule has 1 aliphatic carbocycles. The number of pyridine rings is 2. The zero-order valence-electron chi connectivity index (χ0n) is 25.4. The maximum Gasteiger partial charge on any atom is 0.417 e. The normalized spacial score (nSPS) is 14.9. The van der Waals surface area contributed by atoms with E-state index in [1.165, 1.54) is 42.9 Å². The Morgan fingerprint density at radius 3 is 2.27 bits per heavy atom. The zero-order valence-corrected chi connectivity index (χ0v) is 25.4. The van der Waals surface area contributed by atoms with E-state index in [0.29, 0.717) is 12.1 Å². The number of ether oxygens (including phenoxy) is 1. The number of alkyl halides is 6. The van der Waals surface area contributed by atoms with E-state index in [4.69, 9.17) is 4.74 Å². The molecular weight excluding hydrogens is 658 g/mol. The standard InChI is InChI=1S/C31H27F8N5O4/c1-14-10-19(30(34,35)36)23(28(46)43(14)2)18-7-6-17(44-9-8-40-26(18)44)13-22(29(47)48-3)42-27(45)24-20(32)11-16(12-21(24)33)41-25(15-4-5-15)31(37,38)39/h6-12,15,22,25,41H,4-5,13H2,1-3H3,(H,42,45)/t22-,25+/m0/s1. The fourth-order valence-electron chi connectivity index (χ4n) is 5.46. The Labute approximate surface area is 266 Å². The Hall–Kier alpha value is -4.96. The molecule has 0 radical (unpaired) electrons. The fourth-order valence-corrected chi connectivity index (χ4v) is 5.46. The average Bonchev–Trinajstić information content (AvgIpc) is 3.70. The summed E-state index contributed by atoms with van der Waals surface area (Å²) in [6.45, 7) is 1.34. The molecule has 3 heterocycles. The molecule has 1 amide bonds. The van der Waals surface area contributed by atoms with Crippen molar-refractivity contribution in [3.8, 4) is 11.1 Å². The minimum Gasteiger partial charge on any atom is -0.467 e. The number of amides is 1. The highest BCUT2D eigenvalue weighted by Gasteiger charge is 2.49. The van der Waals surface area contributed by atoms with Crippen molar-refractivity contribution >= 4 is 23.2 Å². The third kappa shape index (κ3) is 6.71. The number of imidazole rings is 1. The molecule has 0 aliphatic heterocycles. The molecule has 3 aromatic heterocycles. The number of hydrogen-bond donors (Lipinski definition) is 2. The largest absolute Gasteiger partial charge is 0.467 e. The number of aryl methyl sites for hydroxylation is 1. The van der Waals surface area contributed by atoms with Crippen molar-refractivity contribution in [3.63, 3.8) is 0 Å². The first-order chi connectivity index (χ1) is 22.4. The Bertz CT molecular complexity index is 1940. The molecule has 0 spiro atoms. The van der Waals surface area contributed by atoms with Crippen molar-refractivity contribution < 1.29 is 49.4 Å². The topological polar surface area (TPSA) is 107 Å². The minimum absolute atomic E-state index is 0.0613. The summed E-state index contributed by atoms with van der Waals surface area (Å²) in [5.41, 5.74) is -4.57. The Balaban J connectivity index is 1.46. The molecule has 17 heteroatoms. The quantitative estimate of drug-likeness (QED) is 0.176. The number of anilines is 1. The highest BCUT2D eigenvalue weighted by atomic mass is 19.4. The number of hydrogen-bond acceptors (Lipinski definition) is 6. The molecule has 5 rings (SSSR count). The predicted octanol–water partition coefficient (Wildman–Crippen LogP) is 5.57. The molecule has 0 bridgehead atoms. The van der Waals surface area contributed by atoms with Gasteiger partial charge in [-0.15, -0.1) is 0 Å². The summed E-state index contributed by atoms with van der Waals surface area (Å²) < 4.78 is 119. The number of halogens is 8. The van der Waals surface area contributed by atoms with E-state index in [1.807, 2.05) is 0 Å². The van der Waals surface area contributed by atoms with Crippen LogP contribution in [0.15, 0.2) is 47.5 Å². The van der Waals surface area contributed by atoms with Crippen molar-refractivity contribution in [1.82, 2.24) is 19.3 Å². The van der Waals surface area contributed by atoms with Gasteiger partial charge in [-0.05, 0) is 56.0 Å². The van der Waals surface area contributed by atoms with E-state index < -0.39 is 88.2 Å². The molecule has 0 unspecified atom stereocenters. The third-order valence-corrected chi connectivity index (χ3v) is 8.12. The first-order valence-electron chi connectivity index (χ1n) is 14.4. The van der Waals surface area contributed by atoms with Crippen molar-refractivity contribution in [1.29, 1.82) is 0 Å². The average molecular weight is 686 g/mol. The first-order valence-corrected chi connectivity index (χ1v) is 14.4. The molecule has 1 aliphatic rings. The summed E-state index contributed by atoms with van der Waals surface area (Å²) in [5.74, 6) is -6.26. The second kappa shape index (κ2) is 12.6. The van der Waals surface area contributed by atoms with Crippen molar-refractivity contribution in [2.45, 2.75) is 50.6 Å². The van der Waals surface area contributed by atoms with Crippen LogP contribution in [0, 0.1) is 24.5 Å². The molecule has 1 aromatic carbocycles. The van der Waals surface area contributed by atoms with Crippen LogP contribution >= 0.6 is 0 Å². The maximum atomic E-state index is 15.0. The molecule has 4 aromatic rings. The van der Waals surface area contributed by atoms with Crippen LogP contribution in [0.5, 0.6) is 0 Å². The van der Waals surface area contributed by atoms with Gasteiger partial charge in [-0.3, -0.25) is 9.59 Å². The van der Waals surface area contributed by atoms with Gasteiger partial charge in [0, 0.05) is 48.5 Å². The number of aromatic nitrogens is 3. The lowest BCUT2D eigenvalue weighted by Crippen LogP contribution is -2.44. The molecule has 1 fully saturated rings. The zero-order chi connectivity index (χ0) is 35.3. The number of rotatable bonds is 9. The lowest BCUT2D eigenvalue weighted by Gasteiger charge is -2.23. The summed E-state index contributed by atoms with van der Waals surface area (Å²) >= 11 is 0. The summed E-state index contributed by atoms with van der Waals surface area (Å²) in [6, 6.07) is 0.711. The summed E-state index contributed by atoms with van der Waals surface area (Å²) in [5, 5.41) is 4.23. The number of carbonyl (C=O) groups is 2. The highest BCUT2D eigenvalue weighted by molar-refractivity contribution is 5.97. The first kappa shape index (κ1) is 34.4. The molecule has 2 atom stereocenters. The SMILES string of the molecule is COC(=O)[C@H](Cc1ccc(-c2c(C(F)(F)F)cc(C)n(C)c2=O)c2nccn12)NC(=O)c1c(F)cc(N[C@H](C2CC2)C(F)(F)F)cc1F. The number of fused-ring (bicyclic) bond motifs is 1. The Kier molecular flexibility index (Phi) is 9.01. The van der Waals surface area contributed by atoms with Crippen LogP contribution in [0.1, 0.15) is 40.2 Å². The second-order valence-corrected chi connectivity index (χ2v) is 11.4. The van der Waals surface area contributed by atoms with E-state index >= 15 is 8.78 Å². The van der Waals surface area contributed by atoms with Gasteiger partial charge in [-0.1, -0.05) is 0 Å². The van der Waals surface area contributed by atoms with Gasteiger partial charge in [-0.2, -0.15) is 26.3 Å².